The molecule has 1 aliphatic heterocycles. The van der Waals surface area contributed by atoms with Crippen LogP contribution in [-0.2, 0) is 4.79 Å². The zero-order valence-electron chi connectivity index (χ0n) is 11.5. The largest absolute Gasteiger partial charge is 0.480 e. The average Bonchev–Trinajstić information content (AvgIpc) is 2.38. The number of carbonyl (C=O) groups is 2. The van der Waals surface area contributed by atoms with E-state index in [1.807, 2.05) is 7.05 Å². The lowest BCUT2D eigenvalue weighted by Gasteiger charge is -2.39. The molecule has 1 unspecified atom stereocenters. The Kier molecular flexibility index (Phi) is 6.04. The zero-order chi connectivity index (χ0) is 14.4. The molecule has 1 heterocycles. The number of carbonyl (C=O) groups excluding carboxylic acids is 1. The number of aliphatic carboxylic acids is 1. The molecule has 1 saturated heterocycles. The highest BCUT2D eigenvalue weighted by Crippen LogP contribution is 2.11. The summed E-state index contributed by atoms with van der Waals surface area (Å²) in [5.41, 5.74) is 0. The molecule has 2 atom stereocenters. The third kappa shape index (κ3) is 4.36. The summed E-state index contributed by atoms with van der Waals surface area (Å²) in [6.07, 6.45) is 0.964. The molecular formula is C12H23N3O4. The van der Waals surface area contributed by atoms with Crippen molar-refractivity contribution in [2.75, 3.05) is 33.3 Å². The van der Waals surface area contributed by atoms with Crippen molar-refractivity contribution in [3.8, 4) is 0 Å². The van der Waals surface area contributed by atoms with Gasteiger partial charge in [-0.3, -0.25) is 4.90 Å². The molecule has 0 bridgehead atoms. The Labute approximate surface area is 113 Å². The smallest absolute Gasteiger partial charge is 0.326 e. The van der Waals surface area contributed by atoms with Gasteiger partial charge in [0, 0.05) is 38.7 Å². The lowest BCUT2D eigenvalue weighted by Crippen LogP contribution is -2.57. The van der Waals surface area contributed by atoms with E-state index < -0.39 is 12.0 Å². The molecule has 2 amide bonds. The Morgan fingerprint density at radius 2 is 2.11 bits per heavy atom. The van der Waals surface area contributed by atoms with Gasteiger partial charge in [-0.2, -0.15) is 0 Å². The van der Waals surface area contributed by atoms with Crippen LogP contribution in [-0.4, -0.2) is 77.4 Å². The van der Waals surface area contributed by atoms with Crippen LogP contribution in [0.3, 0.4) is 0 Å². The molecule has 0 radical (unpaired) electrons. The fourth-order valence-electron chi connectivity index (χ4n) is 2.20. The number of nitrogens with one attached hydrogen (secondary N) is 1. The number of amides is 2. The van der Waals surface area contributed by atoms with Gasteiger partial charge in [0.1, 0.15) is 6.04 Å². The van der Waals surface area contributed by atoms with Gasteiger partial charge in [0.05, 0.1) is 0 Å². The van der Waals surface area contributed by atoms with Crippen molar-refractivity contribution >= 4 is 12.0 Å². The van der Waals surface area contributed by atoms with Crippen LogP contribution in [0.4, 0.5) is 4.79 Å². The summed E-state index contributed by atoms with van der Waals surface area (Å²) < 4.78 is 0. The van der Waals surface area contributed by atoms with Crippen LogP contribution in [0, 0.1) is 0 Å². The van der Waals surface area contributed by atoms with Gasteiger partial charge >= 0.3 is 12.0 Å². The van der Waals surface area contributed by atoms with E-state index in [1.165, 1.54) is 0 Å². The number of aliphatic hydroxyl groups excluding tert-OH is 1. The number of urea groups is 1. The van der Waals surface area contributed by atoms with Gasteiger partial charge in [0.25, 0.3) is 0 Å². The van der Waals surface area contributed by atoms with E-state index in [9.17, 15) is 9.59 Å². The van der Waals surface area contributed by atoms with E-state index in [0.717, 1.165) is 13.0 Å². The number of hydrogen-bond donors (Lipinski definition) is 3. The van der Waals surface area contributed by atoms with Gasteiger partial charge in [0.2, 0.25) is 0 Å². The fraction of sp³-hybridized carbons (Fsp3) is 0.833. The van der Waals surface area contributed by atoms with E-state index >= 15 is 0 Å². The molecular weight excluding hydrogens is 250 g/mol. The van der Waals surface area contributed by atoms with Gasteiger partial charge in [-0.25, -0.2) is 9.59 Å². The molecule has 19 heavy (non-hydrogen) atoms. The van der Waals surface area contributed by atoms with Crippen molar-refractivity contribution in [3.63, 3.8) is 0 Å². The van der Waals surface area contributed by atoms with Crippen LogP contribution in [0.15, 0.2) is 0 Å². The molecule has 3 N–H and O–H groups in total. The highest BCUT2D eigenvalue weighted by molar-refractivity contribution is 5.82. The normalized spacial score (nSPS) is 22.1. The maximum absolute atomic E-state index is 12.0. The molecule has 0 saturated carbocycles. The first kappa shape index (κ1) is 15.7. The van der Waals surface area contributed by atoms with Crippen molar-refractivity contribution in [2.24, 2.45) is 0 Å². The zero-order valence-corrected chi connectivity index (χ0v) is 11.5. The van der Waals surface area contributed by atoms with Crippen LogP contribution in [0.5, 0.6) is 0 Å². The predicted octanol–water partition coefficient (Wildman–Crippen LogP) is -0.442. The standard InChI is InChI=1S/C12H23N3O4/c1-3-9-8-15(6-5-14(9)2)12(19)13-10(4-7-16)11(17)18/h9-10,16H,3-8H2,1-2H3,(H,13,19)(H,17,18)/t9?,10-/m0/s1. The molecule has 110 valence electrons. The summed E-state index contributed by atoms with van der Waals surface area (Å²) in [5, 5.41) is 20.2. The second kappa shape index (κ2) is 7.30. The van der Waals surface area contributed by atoms with E-state index in [1.54, 1.807) is 4.90 Å². The molecule has 1 aliphatic rings. The van der Waals surface area contributed by atoms with Crippen molar-refractivity contribution in [1.82, 2.24) is 15.1 Å². The van der Waals surface area contributed by atoms with Crippen LogP contribution in [0.1, 0.15) is 19.8 Å². The highest BCUT2D eigenvalue weighted by Gasteiger charge is 2.28. The first-order valence-corrected chi connectivity index (χ1v) is 6.58. The number of carboxylic acid groups (broad SMARTS) is 1. The Morgan fingerprint density at radius 1 is 1.42 bits per heavy atom. The molecule has 1 rings (SSSR count). The van der Waals surface area contributed by atoms with Crippen molar-refractivity contribution in [1.29, 1.82) is 0 Å². The van der Waals surface area contributed by atoms with Gasteiger partial charge in [-0.1, -0.05) is 6.92 Å². The van der Waals surface area contributed by atoms with Gasteiger partial charge in [-0.05, 0) is 13.5 Å². The van der Waals surface area contributed by atoms with Crippen molar-refractivity contribution in [3.05, 3.63) is 0 Å². The van der Waals surface area contributed by atoms with Crippen LogP contribution in [0.25, 0.3) is 0 Å². The number of aliphatic hydroxyl groups is 1. The molecule has 0 spiro atoms. The number of rotatable bonds is 5. The second-order valence-electron chi connectivity index (χ2n) is 4.84. The second-order valence-corrected chi connectivity index (χ2v) is 4.84. The maximum atomic E-state index is 12.0. The molecule has 0 aliphatic carbocycles. The summed E-state index contributed by atoms with van der Waals surface area (Å²) in [7, 11) is 2.02. The summed E-state index contributed by atoms with van der Waals surface area (Å²) in [6, 6.07) is -1.09. The van der Waals surface area contributed by atoms with E-state index in [0.29, 0.717) is 19.1 Å². The first-order valence-electron chi connectivity index (χ1n) is 6.58. The van der Waals surface area contributed by atoms with Crippen molar-refractivity contribution in [2.45, 2.75) is 31.8 Å². The number of hydrogen-bond acceptors (Lipinski definition) is 4. The lowest BCUT2D eigenvalue weighted by atomic mass is 10.1. The fourth-order valence-corrected chi connectivity index (χ4v) is 2.20. The monoisotopic (exact) mass is 273 g/mol. The Balaban J connectivity index is 2.55. The Morgan fingerprint density at radius 3 is 2.63 bits per heavy atom. The van der Waals surface area contributed by atoms with Crippen LogP contribution in [0.2, 0.25) is 0 Å². The third-order valence-corrected chi connectivity index (χ3v) is 3.55. The molecule has 0 aromatic rings. The maximum Gasteiger partial charge on any atom is 0.326 e. The lowest BCUT2D eigenvalue weighted by molar-refractivity contribution is -0.139. The highest BCUT2D eigenvalue weighted by atomic mass is 16.4. The van der Waals surface area contributed by atoms with Crippen LogP contribution < -0.4 is 5.32 Å². The van der Waals surface area contributed by atoms with E-state index in [2.05, 4.69) is 17.1 Å². The van der Waals surface area contributed by atoms with Gasteiger partial charge < -0.3 is 20.4 Å². The first-order chi connectivity index (χ1) is 8.99. The third-order valence-electron chi connectivity index (χ3n) is 3.55. The number of likely N-dealkylation sites (N-methyl/N-ethyl adjacent to an activating group) is 1. The van der Waals surface area contributed by atoms with E-state index in [-0.39, 0.29) is 19.1 Å². The minimum Gasteiger partial charge on any atom is -0.480 e. The molecule has 0 aromatic heterocycles. The Bertz CT molecular complexity index is 324. The molecule has 7 nitrogen and oxygen atoms in total. The summed E-state index contributed by atoms with van der Waals surface area (Å²) in [4.78, 5) is 26.8. The minimum absolute atomic E-state index is 0.0199. The topological polar surface area (TPSA) is 93.1 Å². The summed E-state index contributed by atoms with van der Waals surface area (Å²) in [5.74, 6) is -1.12. The summed E-state index contributed by atoms with van der Waals surface area (Å²) in [6.45, 7) is 3.77. The van der Waals surface area contributed by atoms with Crippen molar-refractivity contribution < 1.29 is 19.8 Å². The Hall–Kier alpha value is -1.34. The van der Waals surface area contributed by atoms with E-state index in [4.69, 9.17) is 10.2 Å². The number of carboxylic acids is 1. The van der Waals surface area contributed by atoms with Gasteiger partial charge in [-0.15, -0.1) is 0 Å². The molecule has 1 fully saturated rings. The predicted molar refractivity (Wildman–Crippen MR) is 69.9 cm³/mol. The van der Waals surface area contributed by atoms with Crippen LogP contribution >= 0.6 is 0 Å². The summed E-state index contributed by atoms with van der Waals surface area (Å²) >= 11 is 0. The quantitative estimate of drug-likeness (QED) is 0.631. The minimum atomic E-state index is -1.12. The number of piperazine rings is 1. The SMILES string of the molecule is CCC1CN(C(=O)N[C@@H](CCO)C(=O)O)CCN1C. The molecule has 0 aromatic carbocycles. The molecule has 7 heteroatoms. The number of nitrogens with zero attached hydrogens (tertiary/aromatic N) is 2. The average molecular weight is 273 g/mol. The van der Waals surface area contributed by atoms with Gasteiger partial charge in [0.15, 0.2) is 0 Å².